The van der Waals surface area contributed by atoms with Crippen molar-refractivity contribution in [3.8, 4) is 0 Å². The molecule has 25 heavy (non-hydrogen) atoms. The minimum absolute atomic E-state index is 0. The molecule has 1 aliphatic rings. The van der Waals surface area contributed by atoms with Gasteiger partial charge < -0.3 is 10.6 Å². The Morgan fingerprint density at radius 2 is 2.00 bits per heavy atom. The van der Waals surface area contributed by atoms with Crippen molar-refractivity contribution in [3.05, 3.63) is 62.7 Å². The Morgan fingerprint density at radius 1 is 1.28 bits per heavy atom. The molecular formula is C18H20ClFIN3O. The number of hydrogen-bond acceptors (Lipinski definition) is 3. The smallest absolute Gasteiger partial charge is 0.254 e. The van der Waals surface area contributed by atoms with E-state index in [1.54, 1.807) is 24.5 Å². The number of likely N-dealkylation sites (tertiary alicyclic amines) is 1. The third-order valence-corrected chi connectivity index (χ3v) is 5.03. The van der Waals surface area contributed by atoms with Crippen LogP contribution >= 0.6 is 35.0 Å². The van der Waals surface area contributed by atoms with E-state index in [1.165, 1.54) is 6.07 Å². The zero-order valence-corrected chi connectivity index (χ0v) is 16.6. The molecule has 134 valence electrons. The molecular weight excluding hydrogens is 456 g/mol. The van der Waals surface area contributed by atoms with Gasteiger partial charge in [0.2, 0.25) is 0 Å². The minimum Gasteiger partial charge on any atom is -0.339 e. The Morgan fingerprint density at radius 3 is 2.68 bits per heavy atom. The Kier molecular flexibility index (Phi) is 7.15. The van der Waals surface area contributed by atoms with E-state index < -0.39 is 0 Å². The van der Waals surface area contributed by atoms with Gasteiger partial charge in [0, 0.05) is 47.1 Å². The lowest BCUT2D eigenvalue weighted by atomic mass is 9.99. The number of halogens is 3. The summed E-state index contributed by atoms with van der Waals surface area (Å²) in [5.74, 6) is -0.279. The van der Waals surface area contributed by atoms with Gasteiger partial charge in [-0.05, 0) is 64.8 Å². The van der Waals surface area contributed by atoms with Crippen molar-refractivity contribution < 1.29 is 9.18 Å². The summed E-state index contributed by atoms with van der Waals surface area (Å²) in [7, 11) is 0. The molecule has 2 N–H and O–H groups in total. The fourth-order valence-corrected chi connectivity index (χ4v) is 3.37. The molecule has 0 bridgehead atoms. The second kappa shape index (κ2) is 8.91. The van der Waals surface area contributed by atoms with E-state index in [1.807, 2.05) is 11.0 Å². The molecule has 2 heterocycles. The van der Waals surface area contributed by atoms with Crippen molar-refractivity contribution >= 4 is 40.9 Å². The van der Waals surface area contributed by atoms with Gasteiger partial charge in [-0.1, -0.05) is 6.07 Å². The van der Waals surface area contributed by atoms with Crippen molar-refractivity contribution in [1.82, 2.24) is 9.88 Å². The normalized spacial score (nSPS) is 14.9. The number of carbonyl (C=O) groups is 1. The summed E-state index contributed by atoms with van der Waals surface area (Å²) in [5.41, 5.74) is 7.82. The minimum atomic E-state index is -0.256. The second-order valence-corrected chi connectivity index (χ2v) is 7.32. The first-order valence-corrected chi connectivity index (χ1v) is 9.04. The number of hydrogen-bond donors (Lipinski definition) is 1. The first kappa shape index (κ1) is 20.1. The lowest BCUT2D eigenvalue weighted by Gasteiger charge is -2.30. The summed E-state index contributed by atoms with van der Waals surface area (Å²) in [6.45, 7) is 1.33. The zero-order chi connectivity index (χ0) is 17.1. The van der Waals surface area contributed by atoms with Gasteiger partial charge in [0.1, 0.15) is 5.82 Å². The van der Waals surface area contributed by atoms with Crippen LogP contribution in [0.3, 0.4) is 0 Å². The summed E-state index contributed by atoms with van der Waals surface area (Å²) in [6.07, 6.45) is 5.25. The summed E-state index contributed by atoms with van der Waals surface area (Å²) < 4.78 is 15.0. The average molecular weight is 476 g/mol. The number of rotatable bonds is 3. The van der Waals surface area contributed by atoms with Gasteiger partial charge in [-0.15, -0.1) is 12.4 Å². The molecule has 0 saturated carbocycles. The molecule has 1 fully saturated rings. The summed E-state index contributed by atoms with van der Waals surface area (Å²) in [4.78, 5) is 18.8. The van der Waals surface area contributed by atoms with Crippen LogP contribution in [0.4, 0.5) is 4.39 Å². The molecule has 0 radical (unpaired) electrons. The molecule has 7 heteroatoms. The van der Waals surface area contributed by atoms with Crippen molar-refractivity contribution in [2.45, 2.75) is 25.3 Å². The Hall–Kier alpha value is -1.25. The number of pyridine rings is 1. The van der Waals surface area contributed by atoms with E-state index in [-0.39, 0.29) is 30.2 Å². The molecule has 4 nitrogen and oxygen atoms in total. The Bertz CT molecular complexity index is 751. The molecule has 0 unspecified atom stereocenters. The highest BCUT2D eigenvalue weighted by Gasteiger charge is 2.23. The average Bonchev–Trinajstić information content (AvgIpc) is 2.58. The third kappa shape index (κ3) is 4.89. The van der Waals surface area contributed by atoms with E-state index in [0.29, 0.717) is 30.6 Å². The second-order valence-electron chi connectivity index (χ2n) is 6.07. The number of piperidine rings is 1. The lowest BCUT2D eigenvalue weighted by Crippen LogP contribution is -2.43. The summed E-state index contributed by atoms with van der Waals surface area (Å²) >= 11 is 2.08. The molecule has 3 rings (SSSR count). The zero-order valence-electron chi connectivity index (χ0n) is 13.6. The lowest BCUT2D eigenvalue weighted by molar-refractivity contribution is 0.0713. The van der Waals surface area contributed by atoms with E-state index in [0.717, 1.165) is 22.0 Å². The van der Waals surface area contributed by atoms with E-state index in [2.05, 4.69) is 27.6 Å². The third-order valence-electron chi connectivity index (χ3n) is 4.36. The van der Waals surface area contributed by atoms with Crippen LogP contribution in [-0.2, 0) is 6.42 Å². The quantitative estimate of drug-likeness (QED) is 0.692. The van der Waals surface area contributed by atoms with Crippen LogP contribution in [0.1, 0.15) is 34.3 Å². The van der Waals surface area contributed by atoms with Crippen molar-refractivity contribution in [2.75, 3.05) is 13.1 Å². The predicted octanol–water partition coefficient (Wildman–Crippen LogP) is 3.40. The molecule has 1 saturated heterocycles. The topological polar surface area (TPSA) is 59.2 Å². The van der Waals surface area contributed by atoms with Gasteiger partial charge in [-0.2, -0.15) is 0 Å². The predicted molar refractivity (Wildman–Crippen MR) is 107 cm³/mol. The van der Waals surface area contributed by atoms with Gasteiger partial charge in [-0.3, -0.25) is 9.78 Å². The number of nitrogens with zero attached hydrogens (tertiary/aromatic N) is 2. The van der Waals surface area contributed by atoms with Gasteiger partial charge in [0.05, 0.1) is 0 Å². The van der Waals surface area contributed by atoms with Crippen LogP contribution in [0.5, 0.6) is 0 Å². The van der Waals surface area contributed by atoms with Crippen LogP contribution < -0.4 is 5.73 Å². The molecule has 1 aromatic carbocycles. The number of aromatic nitrogens is 1. The molecule has 1 aromatic heterocycles. The first-order valence-electron chi connectivity index (χ1n) is 7.96. The maximum atomic E-state index is 14.1. The summed E-state index contributed by atoms with van der Waals surface area (Å²) in [6, 6.07) is 7.02. The van der Waals surface area contributed by atoms with Crippen LogP contribution in [0, 0.1) is 9.39 Å². The van der Waals surface area contributed by atoms with Gasteiger partial charge in [0.15, 0.2) is 0 Å². The standard InChI is InChI=1S/C18H19FIN3O.ClH/c19-17-10-14(20)2-1-12(17)9-13-11-22-6-3-16(13)18(24)23-7-4-15(21)5-8-23;/h1-3,6,10-11,15H,4-5,7-9,21H2;1H. The van der Waals surface area contributed by atoms with Gasteiger partial charge in [-0.25, -0.2) is 4.39 Å². The Balaban J connectivity index is 0.00000225. The molecule has 1 amide bonds. The van der Waals surface area contributed by atoms with Crippen molar-refractivity contribution in [1.29, 1.82) is 0 Å². The van der Waals surface area contributed by atoms with Crippen molar-refractivity contribution in [2.24, 2.45) is 5.73 Å². The monoisotopic (exact) mass is 475 g/mol. The van der Waals surface area contributed by atoms with E-state index in [4.69, 9.17) is 5.73 Å². The fourth-order valence-electron chi connectivity index (χ4n) is 2.92. The van der Waals surface area contributed by atoms with Crippen LogP contribution in [-0.4, -0.2) is 34.9 Å². The molecule has 0 atom stereocenters. The summed E-state index contributed by atoms with van der Waals surface area (Å²) in [5, 5.41) is 0. The van der Waals surface area contributed by atoms with E-state index >= 15 is 0 Å². The highest BCUT2D eigenvalue weighted by Crippen LogP contribution is 2.20. The first-order chi connectivity index (χ1) is 11.5. The number of benzene rings is 1. The van der Waals surface area contributed by atoms with Gasteiger partial charge in [0.25, 0.3) is 5.91 Å². The van der Waals surface area contributed by atoms with Crippen LogP contribution in [0.15, 0.2) is 36.7 Å². The van der Waals surface area contributed by atoms with E-state index in [9.17, 15) is 9.18 Å². The van der Waals surface area contributed by atoms with Crippen LogP contribution in [0.2, 0.25) is 0 Å². The highest BCUT2D eigenvalue weighted by molar-refractivity contribution is 14.1. The van der Waals surface area contributed by atoms with Gasteiger partial charge >= 0.3 is 0 Å². The van der Waals surface area contributed by atoms with Crippen molar-refractivity contribution in [3.63, 3.8) is 0 Å². The number of nitrogens with two attached hydrogens (primary N) is 1. The Labute approximate surface area is 166 Å². The fraction of sp³-hybridized carbons (Fsp3) is 0.333. The number of carbonyl (C=O) groups excluding carboxylic acids is 1. The largest absolute Gasteiger partial charge is 0.339 e. The molecule has 1 aliphatic heterocycles. The molecule has 0 spiro atoms. The SMILES string of the molecule is Cl.NC1CCN(C(=O)c2ccncc2Cc2ccc(I)cc2F)CC1. The molecule has 2 aromatic rings. The molecule has 0 aliphatic carbocycles. The maximum Gasteiger partial charge on any atom is 0.254 e. The maximum absolute atomic E-state index is 14.1. The number of amides is 1. The van der Waals surface area contributed by atoms with Crippen LogP contribution in [0.25, 0.3) is 0 Å². The highest BCUT2D eigenvalue weighted by atomic mass is 127.